The topological polar surface area (TPSA) is 52.9 Å². The molecule has 0 radical (unpaired) electrons. The van der Waals surface area contributed by atoms with E-state index in [0.717, 1.165) is 25.7 Å². The normalized spacial score (nSPS) is 20.2. The number of hydrogen-bond acceptors (Lipinski definition) is 2. The molecule has 0 heterocycles. The summed E-state index contributed by atoms with van der Waals surface area (Å²) < 4.78 is 0. The molecular formula is C12H20N2O. The van der Waals surface area contributed by atoms with Crippen molar-refractivity contribution in [2.24, 2.45) is 11.3 Å². The lowest BCUT2D eigenvalue weighted by Gasteiger charge is -2.34. The SMILES string of the molecule is CC(C)CC(C)NC(=O)C1(C#N)CCC1. The predicted molar refractivity (Wildman–Crippen MR) is 59.0 cm³/mol. The first-order valence-electron chi connectivity index (χ1n) is 5.72. The largest absolute Gasteiger partial charge is 0.352 e. The molecule has 1 saturated carbocycles. The molecule has 15 heavy (non-hydrogen) atoms. The van der Waals surface area contributed by atoms with Gasteiger partial charge in [0.25, 0.3) is 0 Å². The lowest BCUT2D eigenvalue weighted by Crippen LogP contribution is -2.47. The Balaban J connectivity index is 2.45. The number of nitrogens with zero attached hydrogens (tertiary/aromatic N) is 1. The molecule has 0 saturated heterocycles. The molecule has 0 bridgehead atoms. The maximum absolute atomic E-state index is 11.8. The number of carbonyl (C=O) groups excluding carboxylic acids is 1. The van der Waals surface area contributed by atoms with Crippen molar-refractivity contribution in [2.75, 3.05) is 0 Å². The molecule has 0 aromatic rings. The fourth-order valence-electron chi connectivity index (χ4n) is 2.05. The van der Waals surface area contributed by atoms with Crippen LogP contribution in [0.3, 0.4) is 0 Å². The van der Waals surface area contributed by atoms with Crippen molar-refractivity contribution < 1.29 is 4.79 Å². The fourth-order valence-corrected chi connectivity index (χ4v) is 2.05. The van der Waals surface area contributed by atoms with Gasteiger partial charge in [0.2, 0.25) is 5.91 Å². The molecular weight excluding hydrogens is 188 g/mol. The number of carbonyl (C=O) groups is 1. The summed E-state index contributed by atoms with van der Waals surface area (Å²) in [6, 6.07) is 2.33. The molecule has 1 N–H and O–H groups in total. The molecule has 1 unspecified atom stereocenters. The first-order valence-corrected chi connectivity index (χ1v) is 5.72. The number of rotatable bonds is 4. The number of hydrogen-bond donors (Lipinski definition) is 1. The van der Waals surface area contributed by atoms with Crippen molar-refractivity contribution >= 4 is 5.91 Å². The maximum atomic E-state index is 11.8. The first-order chi connectivity index (χ1) is 7.00. The molecule has 1 rings (SSSR count). The zero-order valence-corrected chi connectivity index (χ0v) is 9.84. The summed E-state index contributed by atoms with van der Waals surface area (Å²) in [5, 5.41) is 11.9. The van der Waals surface area contributed by atoms with Crippen molar-refractivity contribution in [1.82, 2.24) is 5.32 Å². The monoisotopic (exact) mass is 208 g/mol. The highest BCUT2D eigenvalue weighted by Crippen LogP contribution is 2.40. The fraction of sp³-hybridized carbons (Fsp3) is 0.833. The van der Waals surface area contributed by atoms with Gasteiger partial charge in [-0.2, -0.15) is 5.26 Å². The lowest BCUT2D eigenvalue weighted by molar-refractivity contribution is -0.132. The molecule has 1 aliphatic carbocycles. The van der Waals surface area contributed by atoms with Gasteiger partial charge in [0, 0.05) is 6.04 Å². The number of nitriles is 1. The second kappa shape index (κ2) is 4.65. The van der Waals surface area contributed by atoms with Gasteiger partial charge < -0.3 is 5.32 Å². The summed E-state index contributed by atoms with van der Waals surface area (Å²) in [7, 11) is 0. The summed E-state index contributed by atoms with van der Waals surface area (Å²) in [4.78, 5) is 11.8. The van der Waals surface area contributed by atoms with Crippen molar-refractivity contribution in [3.63, 3.8) is 0 Å². The molecule has 84 valence electrons. The molecule has 0 spiro atoms. The average molecular weight is 208 g/mol. The summed E-state index contributed by atoms with van der Waals surface area (Å²) in [6.45, 7) is 6.26. The zero-order chi connectivity index (χ0) is 11.5. The van der Waals surface area contributed by atoms with Crippen molar-refractivity contribution in [3.05, 3.63) is 0 Å². The minimum absolute atomic E-state index is 0.0654. The van der Waals surface area contributed by atoms with Crippen LogP contribution >= 0.6 is 0 Å². The average Bonchev–Trinajstić information content (AvgIpc) is 2.00. The van der Waals surface area contributed by atoms with Gasteiger partial charge in [-0.05, 0) is 38.5 Å². The number of amides is 1. The molecule has 0 aliphatic heterocycles. The van der Waals surface area contributed by atoms with Crippen LogP contribution < -0.4 is 5.32 Å². The third-order valence-electron chi connectivity index (χ3n) is 3.06. The smallest absolute Gasteiger partial charge is 0.240 e. The van der Waals surface area contributed by atoms with E-state index in [0.29, 0.717) is 5.92 Å². The van der Waals surface area contributed by atoms with Crippen LogP contribution in [0.15, 0.2) is 0 Å². The van der Waals surface area contributed by atoms with Gasteiger partial charge >= 0.3 is 0 Å². The standard InChI is InChI=1S/C12H20N2O/c1-9(2)7-10(3)14-11(15)12(8-13)5-4-6-12/h9-10H,4-7H2,1-3H3,(H,14,15). The Morgan fingerprint density at radius 3 is 2.40 bits per heavy atom. The Kier molecular flexibility index (Phi) is 3.73. The van der Waals surface area contributed by atoms with Crippen LogP contribution in [0.1, 0.15) is 46.5 Å². The van der Waals surface area contributed by atoms with Gasteiger partial charge in [-0.15, -0.1) is 0 Å². The molecule has 0 aromatic heterocycles. The highest BCUT2D eigenvalue weighted by atomic mass is 16.2. The van der Waals surface area contributed by atoms with Gasteiger partial charge in [0.05, 0.1) is 6.07 Å². The number of nitrogens with one attached hydrogen (secondary N) is 1. The van der Waals surface area contributed by atoms with Gasteiger partial charge in [0.15, 0.2) is 0 Å². The maximum Gasteiger partial charge on any atom is 0.240 e. The van der Waals surface area contributed by atoms with Crippen LogP contribution in [0.4, 0.5) is 0 Å². The van der Waals surface area contributed by atoms with E-state index in [1.807, 2.05) is 6.92 Å². The van der Waals surface area contributed by atoms with E-state index < -0.39 is 5.41 Å². The highest BCUT2D eigenvalue weighted by Gasteiger charge is 2.44. The quantitative estimate of drug-likeness (QED) is 0.770. The van der Waals surface area contributed by atoms with Crippen LogP contribution in [0.5, 0.6) is 0 Å². The first kappa shape index (κ1) is 12.0. The van der Waals surface area contributed by atoms with Gasteiger partial charge in [0.1, 0.15) is 5.41 Å². The van der Waals surface area contributed by atoms with Crippen LogP contribution in [0, 0.1) is 22.7 Å². The van der Waals surface area contributed by atoms with Crippen molar-refractivity contribution in [3.8, 4) is 6.07 Å². The molecule has 3 heteroatoms. The molecule has 0 aromatic carbocycles. The third-order valence-corrected chi connectivity index (χ3v) is 3.06. The Labute approximate surface area is 91.9 Å². The van der Waals surface area contributed by atoms with Gasteiger partial charge in [-0.25, -0.2) is 0 Å². The lowest BCUT2D eigenvalue weighted by atomic mass is 9.69. The molecule has 1 aliphatic rings. The van der Waals surface area contributed by atoms with E-state index in [4.69, 9.17) is 5.26 Å². The van der Waals surface area contributed by atoms with Crippen molar-refractivity contribution in [2.45, 2.75) is 52.5 Å². The van der Waals surface area contributed by atoms with Gasteiger partial charge in [-0.1, -0.05) is 13.8 Å². The van der Waals surface area contributed by atoms with Crippen molar-refractivity contribution in [1.29, 1.82) is 5.26 Å². The predicted octanol–water partition coefficient (Wildman–Crippen LogP) is 2.23. The van der Waals surface area contributed by atoms with E-state index >= 15 is 0 Å². The highest BCUT2D eigenvalue weighted by molar-refractivity contribution is 5.86. The molecule has 1 amide bonds. The van der Waals surface area contributed by atoms with Crippen LogP contribution in [0.25, 0.3) is 0 Å². The van der Waals surface area contributed by atoms with Crippen LogP contribution in [0.2, 0.25) is 0 Å². The molecule has 1 atom stereocenters. The summed E-state index contributed by atoms with van der Waals surface area (Å²) >= 11 is 0. The molecule has 3 nitrogen and oxygen atoms in total. The van der Waals surface area contributed by atoms with E-state index in [-0.39, 0.29) is 11.9 Å². The Morgan fingerprint density at radius 2 is 2.07 bits per heavy atom. The Morgan fingerprint density at radius 1 is 1.47 bits per heavy atom. The molecule has 1 fully saturated rings. The van der Waals surface area contributed by atoms with E-state index in [1.54, 1.807) is 0 Å². The zero-order valence-electron chi connectivity index (χ0n) is 9.84. The van der Waals surface area contributed by atoms with E-state index in [9.17, 15) is 4.79 Å². The van der Waals surface area contributed by atoms with Crippen LogP contribution in [-0.2, 0) is 4.79 Å². The minimum Gasteiger partial charge on any atom is -0.352 e. The summed E-state index contributed by atoms with van der Waals surface area (Å²) in [6.07, 6.45) is 3.42. The second-order valence-electron chi connectivity index (χ2n) is 5.05. The van der Waals surface area contributed by atoms with E-state index in [2.05, 4.69) is 25.2 Å². The summed E-state index contributed by atoms with van der Waals surface area (Å²) in [5.74, 6) is 0.504. The Bertz CT molecular complexity index is 274. The summed E-state index contributed by atoms with van der Waals surface area (Å²) in [5.41, 5.74) is -0.703. The second-order valence-corrected chi connectivity index (χ2v) is 5.05. The van der Waals surface area contributed by atoms with Crippen LogP contribution in [-0.4, -0.2) is 11.9 Å². The third kappa shape index (κ3) is 2.71. The van der Waals surface area contributed by atoms with Gasteiger partial charge in [-0.3, -0.25) is 4.79 Å². The van der Waals surface area contributed by atoms with E-state index in [1.165, 1.54) is 0 Å². The minimum atomic E-state index is -0.703. The Hall–Kier alpha value is -1.04.